The van der Waals surface area contributed by atoms with Crippen LogP contribution in [-0.2, 0) is 12.8 Å². The number of rotatable bonds is 6. The second-order valence-corrected chi connectivity index (χ2v) is 10.9. The number of benzene rings is 2. The number of nitrogens with zero attached hydrogens (tertiary/aromatic N) is 2. The molecule has 0 saturated carbocycles. The quantitative estimate of drug-likeness (QED) is 0.228. The Morgan fingerprint density at radius 3 is 1.67 bits per heavy atom. The summed E-state index contributed by atoms with van der Waals surface area (Å²) in [6.45, 7) is 20.6. The molecule has 214 valence electrons. The van der Waals surface area contributed by atoms with Gasteiger partial charge >= 0.3 is 0 Å². The molecule has 4 rings (SSSR count). The first-order chi connectivity index (χ1) is 18.7. The van der Waals surface area contributed by atoms with Crippen molar-refractivity contribution in [3.63, 3.8) is 0 Å². The number of hydrogen-bond acceptors (Lipinski definition) is 4. The van der Waals surface area contributed by atoms with Gasteiger partial charge in [0.25, 0.3) is 0 Å². The number of aromatic nitrogens is 2. The lowest BCUT2D eigenvalue weighted by Crippen LogP contribution is -1.95. The Labute approximate surface area is 241 Å². The molecule has 2 heterocycles. The average Bonchev–Trinajstić information content (AvgIpc) is 3.57. The summed E-state index contributed by atoms with van der Waals surface area (Å²) in [5.74, 6) is -0.496. The minimum atomic E-state index is -0.552. The van der Waals surface area contributed by atoms with Gasteiger partial charge in [0.05, 0.1) is 17.0 Å². The molecule has 0 atom stereocenters. The summed E-state index contributed by atoms with van der Waals surface area (Å²) in [5, 5.41) is 1.23. The third kappa shape index (κ3) is 9.00. The summed E-state index contributed by atoms with van der Waals surface area (Å²) < 4.78 is 41.0. The molecule has 2 aromatic carbocycles. The SMILES string of the molecule is CC.CC.CC(C)c1nc(-c2ccccc2F)sc1C(C)C.CCc1nc(-c2c(F)cccc2F)sc1CC. The second-order valence-electron chi connectivity index (χ2n) is 8.75. The van der Waals surface area contributed by atoms with Crippen LogP contribution in [0.4, 0.5) is 13.2 Å². The van der Waals surface area contributed by atoms with E-state index in [1.165, 1.54) is 40.5 Å². The molecule has 0 aliphatic heterocycles. The Bertz CT molecular complexity index is 1210. The zero-order valence-corrected chi connectivity index (χ0v) is 26.6. The van der Waals surface area contributed by atoms with Crippen LogP contribution in [0.2, 0.25) is 0 Å². The molecule has 39 heavy (non-hydrogen) atoms. The fourth-order valence-electron chi connectivity index (χ4n) is 3.67. The number of aryl methyl sites for hydroxylation is 2. The molecule has 2 nitrogen and oxygen atoms in total. The Morgan fingerprint density at radius 1 is 0.667 bits per heavy atom. The lowest BCUT2D eigenvalue weighted by atomic mass is 10.0. The van der Waals surface area contributed by atoms with E-state index >= 15 is 0 Å². The van der Waals surface area contributed by atoms with Crippen LogP contribution in [0.3, 0.4) is 0 Å². The monoisotopic (exact) mass is 576 g/mol. The summed E-state index contributed by atoms with van der Waals surface area (Å²) in [6.07, 6.45) is 1.63. The van der Waals surface area contributed by atoms with Crippen molar-refractivity contribution in [1.29, 1.82) is 0 Å². The van der Waals surface area contributed by atoms with Gasteiger partial charge in [-0.25, -0.2) is 23.1 Å². The van der Waals surface area contributed by atoms with Crippen molar-refractivity contribution in [3.8, 4) is 21.1 Å². The van der Waals surface area contributed by atoms with Crippen molar-refractivity contribution in [2.75, 3.05) is 0 Å². The van der Waals surface area contributed by atoms with Gasteiger partial charge in [-0.2, -0.15) is 0 Å². The van der Waals surface area contributed by atoms with Crippen molar-refractivity contribution in [2.45, 2.75) is 93.9 Å². The second kappa shape index (κ2) is 17.2. The lowest BCUT2D eigenvalue weighted by Gasteiger charge is -2.07. The molecule has 0 radical (unpaired) electrons. The smallest absolute Gasteiger partial charge is 0.136 e. The third-order valence-electron chi connectivity index (χ3n) is 5.47. The van der Waals surface area contributed by atoms with Gasteiger partial charge in [0, 0.05) is 15.3 Å². The van der Waals surface area contributed by atoms with Gasteiger partial charge in [0.15, 0.2) is 0 Å². The van der Waals surface area contributed by atoms with Crippen LogP contribution in [0, 0.1) is 17.5 Å². The molecule has 0 saturated heterocycles. The molecule has 0 fully saturated rings. The Hall–Kier alpha value is -2.51. The van der Waals surface area contributed by atoms with E-state index in [9.17, 15) is 13.2 Å². The molecule has 0 aliphatic carbocycles. The van der Waals surface area contributed by atoms with Gasteiger partial charge in [-0.1, -0.05) is 87.4 Å². The Kier molecular flexibility index (Phi) is 15.3. The van der Waals surface area contributed by atoms with E-state index in [1.807, 2.05) is 47.6 Å². The van der Waals surface area contributed by atoms with E-state index in [-0.39, 0.29) is 11.4 Å². The van der Waals surface area contributed by atoms with E-state index < -0.39 is 11.6 Å². The van der Waals surface area contributed by atoms with Crippen LogP contribution in [0.15, 0.2) is 42.5 Å². The van der Waals surface area contributed by atoms with Crippen molar-refractivity contribution in [2.24, 2.45) is 0 Å². The molecule has 0 N–H and O–H groups in total. The van der Waals surface area contributed by atoms with Crippen molar-refractivity contribution in [3.05, 3.63) is 81.1 Å². The van der Waals surface area contributed by atoms with Crippen LogP contribution < -0.4 is 0 Å². The highest BCUT2D eigenvalue weighted by atomic mass is 32.1. The largest absolute Gasteiger partial charge is 0.241 e. The summed E-state index contributed by atoms with van der Waals surface area (Å²) in [5.41, 5.74) is 2.65. The van der Waals surface area contributed by atoms with Gasteiger partial charge in [-0.15, -0.1) is 22.7 Å². The van der Waals surface area contributed by atoms with Crippen molar-refractivity contribution < 1.29 is 13.2 Å². The molecule has 0 bridgehead atoms. The van der Waals surface area contributed by atoms with Crippen LogP contribution in [-0.4, -0.2) is 9.97 Å². The highest BCUT2D eigenvalue weighted by molar-refractivity contribution is 7.15. The summed E-state index contributed by atoms with van der Waals surface area (Å²) >= 11 is 2.99. The topological polar surface area (TPSA) is 25.8 Å². The third-order valence-corrected chi connectivity index (χ3v) is 8.13. The number of halogens is 3. The normalized spacial score (nSPS) is 10.3. The maximum Gasteiger partial charge on any atom is 0.136 e. The zero-order chi connectivity index (χ0) is 29.7. The molecule has 7 heteroatoms. The predicted molar refractivity (Wildman–Crippen MR) is 165 cm³/mol. The van der Waals surface area contributed by atoms with E-state index in [0.29, 0.717) is 22.4 Å². The molecular formula is C32H43F3N2S2. The Morgan fingerprint density at radius 2 is 1.23 bits per heavy atom. The Balaban J connectivity index is 0.000000347. The molecule has 0 spiro atoms. The molecule has 0 amide bonds. The van der Waals surface area contributed by atoms with Crippen LogP contribution in [0.25, 0.3) is 21.1 Å². The van der Waals surface area contributed by atoms with E-state index in [2.05, 4.69) is 37.7 Å². The average molecular weight is 577 g/mol. The maximum atomic E-state index is 13.8. The van der Waals surface area contributed by atoms with Gasteiger partial charge in [-0.05, 0) is 48.9 Å². The van der Waals surface area contributed by atoms with Crippen LogP contribution in [0.5, 0.6) is 0 Å². The van der Waals surface area contributed by atoms with Crippen molar-refractivity contribution in [1.82, 2.24) is 9.97 Å². The highest BCUT2D eigenvalue weighted by Gasteiger charge is 2.19. The first-order valence-corrected chi connectivity index (χ1v) is 15.5. The zero-order valence-electron chi connectivity index (χ0n) is 25.0. The maximum absolute atomic E-state index is 13.8. The first-order valence-electron chi connectivity index (χ1n) is 13.9. The van der Waals surface area contributed by atoms with Crippen LogP contribution in [0.1, 0.15) is 102 Å². The molecule has 4 aromatic rings. The van der Waals surface area contributed by atoms with Gasteiger partial charge < -0.3 is 0 Å². The summed E-state index contributed by atoms with van der Waals surface area (Å²) in [7, 11) is 0. The standard InChI is InChI=1S/C15H18FNS.C13H13F2NS.2C2H6/c1-9(2)13-14(10(3)4)18-15(17-13)11-7-5-6-8-12(11)16;1-3-10-11(4-2)17-13(16-10)12-8(14)6-5-7-9(12)15;2*1-2/h5-10H,1-4H3;5-7H,3-4H2,1-2H3;2*1-2H3. The predicted octanol–water partition coefficient (Wildman–Crippen LogP) is 11.5. The fourth-order valence-corrected chi connectivity index (χ4v) is 6.05. The van der Waals surface area contributed by atoms with E-state index in [1.54, 1.807) is 23.5 Å². The van der Waals surface area contributed by atoms with Gasteiger partial charge in [-0.3, -0.25) is 0 Å². The fraction of sp³-hybridized carbons (Fsp3) is 0.438. The number of thiazole rings is 2. The minimum absolute atomic E-state index is 0.00750. The highest BCUT2D eigenvalue weighted by Crippen LogP contribution is 2.37. The molecule has 0 unspecified atom stereocenters. The number of hydrogen-bond donors (Lipinski definition) is 0. The summed E-state index contributed by atoms with van der Waals surface area (Å²) in [4.78, 5) is 11.3. The van der Waals surface area contributed by atoms with Crippen LogP contribution >= 0.6 is 22.7 Å². The minimum Gasteiger partial charge on any atom is -0.241 e. The van der Waals surface area contributed by atoms with Crippen molar-refractivity contribution >= 4 is 22.7 Å². The molecular weight excluding hydrogens is 533 g/mol. The van der Waals surface area contributed by atoms with E-state index in [4.69, 9.17) is 0 Å². The molecule has 0 aliphatic rings. The first kappa shape index (κ1) is 34.5. The lowest BCUT2D eigenvalue weighted by molar-refractivity contribution is 0.589. The van der Waals surface area contributed by atoms with Gasteiger partial charge in [0.2, 0.25) is 0 Å². The molecule has 2 aromatic heterocycles. The van der Waals surface area contributed by atoms with E-state index in [0.717, 1.165) is 34.1 Å². The van der Waals surface area contributed by atoms with Gasteiger partial charge in [0.1, 0.15) is 27.5 Å². The summed E-state index contributed by atoms with van der Waals surface area (Å²) in [6, 6.07) is 10.7.